The summed E-state index contributed by atoms with van der Waals surface area (Å²) in [6.45, 7) is 7.48. The molecule has 2 aliphatic heterocycles. The van der Waals surface area contributed by atoms with Crippen molar-refractivity contribution in [2.45, 2.75) is 44.6 Å². The fourth-order valence-electron chi connectivity index (χ4n) is 2.77. The minimum Gasteiger partial charge on any atom is -0.351 e. The Bertz CT molecular complexity index is 255. The van der Waals surface area contributed by atoms with Crippen LogP contribution in [-0.2, 0) is 4.79 Å². The number of rotatable bonds is 4. The molecule has 2 aliphatic rings. The number of carbonyl (C=O) groups excluding carboxylic acids is 1. The quantitative estimate of drug-likeness (QED) is 0.760. The lowest BCUT2D eigenvalue weighted by Crippen LogP contribution is -2.52. The van der Waals surface area contributed by atoms with Crippen molar-refractivity contribution in [1.29, 1.82) is 0 Å². The van der Waals surface area contributed by atoms with Crippen LogP contribution in [0.3, 0.4) is 0 Å². The molecule has 0 aromatic rings. The monoisotopic (exact) mass is 239 g/mol. The van der Waals surface area contributed by atoms with E-state index >= 15 is 0 Å². The Morgan fingerprint density at radius 1 is 1.29 bits per heavy atom. The summed E-state index contributed by atoms with van der Waals surface area (Å²) in [5, 5.41) is 6.54. The van der Waals surface area contributed by atoms with E-state index in [1.54, 1.807) is 0 Å². The number of nitrogens with one attached hydrogen (secondary N) is 2. The Kier molecular flexibility index (Phi) is 4.40. The van der Waals surface area contributed by atoms with Gasteiger partial charge in [-0.25, -0.2) is 0 Å². The molecule has 2 saturated heterocycles. The van der Waals surface area contributed by atoms with E-state index in [0.29, 0.717) is 6.42 Å². The van der Waals surface area contributed by atoms with E-state index < -0.39 is 0 Å². The third-order valence-corrected chi connectivity index (χ3v) is 4.00. The summed E-state index contributed by atoms with van der Waals surface area (Å²) in [5.41, 5.74) is 0.0212. The summed E-state index contributed by atoms with van der Waals surface area (Å²) >= 11 is 0. The molecule has 0 spiro atoms. The van der Waals surface area contributed by atoms with Crippen LogP contribution < -0.4 is 10.6 Å². The predicted molar refractivity (Wildman–Crippen MR) is 68.9 cm³/mol. The van der Waals surface area contributed by atoms with Gasteiger partial charge in [-0.15, -0.1) is 0 Å². The maximum absolute atomic E-state index is 11.9. The summed E-state index contributed by atoms with van der Waals surface area (Å²) in [6.07, 6.45) is 5.34. The van der Waals surface area contributed by atoms with Gasteiger partial charge in [-0.05, 0) is 58.8 Å². The molecule has 1 amide bonds. The smallest absolute Gasteiger partial charge is 0.221 e. The van der Waals surface area contributed by atoms with E-state index in [0.717, 1.165) is 32.5 Å². The molecule has 2 rings (SSSR count). The van der Waals surface area contributed by atoms with Crippen LogP contribution in [0.5, 0.6) is 0 Å². The maximum Gasteiger partial charge on any atom is 0.221 e. The molecule has 0 saturated carbocycles. The van der Waals surface area contributed by atoms with Crippen molar-refractivity contribution < 1.29 is 4.79 Å². The lowest BCUT2D eigenvalue weighted by Gasteiger charge is -2.35. The van der Waals surface area contributed by atoms with E-state index in [4.69, 9.17) is 0 Å². The van der Waals surface area contributed by atoms with Gasteiger partial charge in [0.15, 0.2) is 0 Å². The standard InChI is InChI=1S/C13H25N3O/c1-13(5-7-14-8-6-13)15-12(17)4-11-16-9-2-3-10-16/h14H,2-11H2,1H3,(H,15,17). The number of piperidine rings is 1. The maximum atomic E-state index is 11.9. The molecule has 0 atom stereocenters. The summed E-state index contributed by atoms with van der Waals surface area (Å²) in [6, 6.07) is 0. The topological polar surface area (TPSA) is 44.4 Å². The number of likely N-dealkylation sites (tertiary alicyclic amines) is 1. The van der Waals surface area contributed by atoms with Crippen molar-refractivity contribution in [1.82, 2.24) is 15.5 Å². The number of hydrogen-bond donors (Lipinski definition) is 2. The second-order valence-corrected chi connectivity index (χ2v) is 5.66. The summed E-state index contributed by atoms with van der Waals surface area (Å²) in [4.78, 5) is 14.3. The van der Waals surface area contributed by atoms with Crippen molar-refractivity contribution >= 4 is 5.91 Å². The van der Waals surface area contributed by atoms with Gasteiger partial charge in [0, 0.05) is 18.5 Å². The normalized spacial score (nSPS) is 24.8. The highest BCUT2D eigenvalue weighted by atomic mass is 16.1. The Morgan fingerprint density at radius 2 is 1.94 bits per heavy atom. The van der Waals surface area contributed by atoms with E-state index in [1.807, 2.05) is 0 Å². The molecular weight excluding hydrogens is 214 g/mol. The first-order chi connectivity index (χ1) is 8.18. The zero-order chi connectivity index (χ0) is 12.1. The van der Waals surface area contributed by atoms with Crippen LogP contribution in [0.4, 0.5) is 0 Å². The molecule has 0 radical (unpaired) electrons. The first-order valence-electron chi connectivity index (χ1n) is 6.92. The average molecular weight is 239 g/mol. The molecule has 2 N–H and O–H groups in total. The summed E-state index contributed by atoms with van der Waals surface area (Å²) < 4.78 is 0. The van der Waals surface area contributed by atoms with Gasteiger partial charge in [-0.3, -0.25) is 4.79 Å². The number of hydrogen-bond acceptors (Lipinski definition) is 3. The summed E-state index contributed by atoms with van der Waals surface area (Å²) in [7, 11) is 0. The van der Waals surface area contributed by atoms with Gasteiger partial charge in [0.2, 0.25) is 5.91 Å². The molecule has 0 aromatic heterocycles. The lowest BCUT2D eigenvalue weighted by molar-refractivity contribution is -0.123. The second kappa shape index (κ2) is 5.83. The molecule has 2 heterocycles. The van der Waals surface area contributed by atoms with E-state index in [-0.39, 0.29) is 11.4 Å². The van der Waals surface area contributed by atoms with Crippen LogP contribution in [0.2, 0.25) is 0 Å². The molecule has 0 aliphatic carbocycles. The van der Waals surface area contributed by atoms with Crippen molar-refractivity contribution in [2.24, 2.45) is 0 Å². The van der Waals surface area contributed by atoms with Gasteiger partial charge in [-0.1, -0.05) is 0 Å². The summed E-state index contributed by atoms with van der Waals surface area (Å²) in [5.74, 6) is 0.223. The fraction of sp³-hybridized carbons (Fsp3) is 0.923. The molecule has 0 bridgehead atoms. The molecule has 4 nitrogen and oxygen atoms in total. The molecule has 98 valence electrons. The highest BCUT2D eigenvalue weighted by Gasteiger charge is 2.28. The fourth-order valence-corrected chi connectivity index (χ4v) is 2.77. The SMILES string of the molecule is CC1(NC(=O)CCN2CCCC2)CCNCC1. The van der Waals surface area contributed by atoms with Gasteiger partial charge < -0.3 is 15.5 Å². The van der Waals surface area contributed by atoms with Crippen LogP contribution >= 0.6 is 0 Å². The zero-order valence-corrected chi connectivity index (χ0v) is 10.9. The lowest BCUT2D eigenvalue weighted by atomic mass is 9.90. The zero-order valence-electron chi connectivity index (χ0n) is 10.9. The van der Waals surface area contributed by atoms with Crippen molar-refractivity contribution in [3.8, 4) is 0 Å². The number of carbonyl (C=O) groups is 1. The molecule has 0 aromatic carbocycles. The molecule has 17 heavy (non-hydrogen) atoms. The van der Waals surface area contributed by atoms with Crippen LogP contribution in [0, 0.1) is 0 Å². The number of amides is 1. The average Bonchev–Trinajstić information content (AvgIpc) is 2.79. The van der Waals surface area contributed by atoms with Crippen molar-refractivity contribution in [3.05, 3.63) is 0 Å². The first-order valence-corrected chi connectivity index (χ1v) is 6.92. The molecular formula is C13H25N3O. The van der Waals surface area contributed by atoms with Crippen molar-refractivity contribution in [2.75, 3.05) is 32.7 Å². The van der Waals surface area contributed by atoms with Gasteiger partial charge >= 0.3 is 0 Å². The Morgan fingerprint density at radius 3 is 2.59 bits per heavy atom. The highest BCUT2D eigenvalue weighted by molar-refractivity contribution is 5.76. The second-order valence-electron chi connectivity index (χ2n) is 5.66. The van der Waals surface area contributed by atoms with Gasteiger partial charge in [0.1, 0.15) is 0 Å². The van der Waals surface area contributed by atoms with Crippen LogP contribution in [0.25, 0.3) is 0 Å². The Hall–Kier alpha value is -0.610. The minimum absolute atomic E-state index is 0.0212. The van der Waals surface area contributed by atoms with E-state index in [1.165, 1.54) is 25.9 Å². The first kappa shape index (κ1) is 12.8. The van der Waals surface area contributed by atoms with Crippen LogP contribution in [-0.4, -0.2) is 49.1 Å². The van der Waals surface area contributed by atoms with Crippen LogP contribution in [0.1, 0.15) is 39.0 Å². The van der Waals surface area contributed by atoms with E-state index in [9.17, 15) is 4.79 Å². The van der Waals surface area contributed by atoms with Crippen molar-refractivity contribution in [3.63, 3.8) is 0 Å². The predicted octanol–water partition coefficient (Wildman–Crippen LogP) is 0.731. The molecule has 0 unspecified atom stereocenters. The van der Waals surface area contributed by atoms with Crippen LogP contribution in [0.15, 0.2) is 0 Å². The van der Waals surface area contributed by atoms with Gasteiger partial charge in [0.25, 0.3) is 0 Å². The van der Waals surface area contributed by atoms with E-state index in [2.05, 4.69) is 22.5 Å². The highest BCUT2D eigenvalue weighted by Crippen LogP contribution is 2.17. The number of nitrogens with zero attached hydrogens (tertiary/aromatic N) is 1. The van der Waals surface area contributed by atoms with Gasteiger partial charge in [0.05, 0.1) is 0 Å². The largest absolute Gasteiger partial charge is 0.351 e. The molecule has 4 heteroatoms. The minimum atomic E-state index is 0.0212. The Balaban J connectivity index is 1.68. The third-order valence-electron chi connectivity index (χ3n) is 4.00. The molecule has 2 fully saturated rings. The third kappa shape index (κ3) is 3.96. The van der Waals surface area contributed by atoms with Gasteiger partial charge in [-0.2, -0.15) is 0 Å². The Labute approximate surface area is 104 Å².